The highest BCUT2D eigenvalue weighted by Gasteiger charge is 2.16. The van der Waals surface area contributed by atoms with Gasteiger partial charge >= 0.3 is 6.03 Å². The number of nitrogens with zero attached hydrogens (tertiary/aromatic N) is 1. The van der Waals surface area contributed by atoms with Gasteiger partial charge in [-0.3, -0.25) is 4.90 Å². The van der Waals surface area contributed by atoms with E-state index in [0.717, 1.165) is 58.5 Å². The molecule has 3 rings (SSSR count). The molecule has 5 nitrogen and oxygen atoms in total. The second kappa shape index (κ2) is 8.31. The standard InChI is InChI=1S/C18H27N3O2/c22-18(20-13-17-7-3-12-23-17)19-9-4-10-21-11-8-15-5-1-2-6-16(15)14-21/h1-2,5-6,17H,3-4,7-14H2,(H2,19,20,22). The van der Waals surface area contributed by atoms with Gasteiger partial charge in [0.15, 0.2) is 0 Å². The van der Waals surface area contributed by atoms with E-state index < -0.39 is 0 Å². The number of rotatable bonds is 6. The molecular weight excluding hydrogens is 290 g/mol. The number of urea groups is 1. The smallest absolute Gasteiger partial charge is 0.314 e. The van der Waals surface area contributed by atoms with Crippen molar-refractivity contribution >= 4 is 6.03 Å². The summed E-state index contributed by atoms with van der Waals surface area (Å²) < 4.78 is 5.49. The molecule has 2 aliphatic rings. The first-order valence-corrected chi connectivity index (χ1v) is 8.74. The van der Waals surface area contributed by atoms with Crippen LogP contribution in [-0.2, 0) is 17.7 Å². The maximum absolute atomic E-state index is 11.7. The number of carbonyl (C=O) groups excluding carboxylic acids is 1. The Labute approximate surface area is 138 Å². The Kier molecular flexibility index (Phi) is 5.88. The summed E-state index contributed by atoms with van der Waals surface area (Å²) in [6.07, 6.45) is 4.47. The summed E-state index contributed by atoms with van der Waals surface area (Å²) in [5.74, 6) is 0. The van der Waals surface area contributed by atoms with Gasteiger partial charge in [-0.2, -0.15) is 0 Å². The Balaban J connectivity index is 1.27. The lowest BCUT2D eigenvalue weighted by Gasteiger charge is -2.28. The van der Waals surface area contributed by atoms with Gasteiger partial charge in [0, 0.05) is 39.3 Å². The summed E-state index contributed by atoms with van der Waals surface area (Å²) in [5, 5.41) is 5.82. The van der Waals surface area contributed by atoms with Crippen molar-refractivity contribution in [3.8, 4) is 0 Å². The van der Waals surface area contributed by atoms with E-state index in [4.69, 9.17) is 4.74 Å². The van der Waals surface area contributed by atoms with Gasteiger partial charge in [0.25, 0.3) is 0 Å². The van der Waals surface area contributed by atoms with Crippen LogP contribution in [0.4, 0.5) is 4.79 Å². The van der Waals surface area contributed by atoms with Crippen LogP contribution in [0.25, 0.3) is 0 Å². The van der Waals surface area contributed by atoms with E-state index in [2.05, 4.69) is 39.8 Å². The third-order valence-electron chi connectivity index (χ3n) is 4.66. The van der Waals surface area contributed by atoms with Gasteiger partial charge in [-0.1, -0.05) is 24.3 Å². The SMILES string of the molecule is O=C(NCCCN1CCc2ccccc2C1)NCC1CCCO1. The molecule has 0 radical (unpaired) electrons. The number of fused-ring (bicyclic) bond motifs is 1. The van der Waals surface area contributed by atoms with Gasteiger partial charge in [-0.05, 0) is 36.8 Å². The fraction of sp³-hybridized carbons (Fsp3) is 0.611. The predicted molar refractivity (Wildman–Crippen MR) is 90.4 cm³/mol. The molecule has 0 bridgehead atoms. The summed E-state index contributed by atoms with van der Waals surface area (Å²) in [6.45, 7) is 5.33. The molecule has 2 amide bonds. The minimum atomic E-state index is -0.0792. The van der Waals surface area contributed by atoms with E-state index in [0.29, 0.717) is 6.54 Å². The molecule has 2 N–H and O–H groups in total. The zero-order valence-corrected chi connectivity index (χ0v) is 13.7. The average molecular weight is 317 g/mol. The lowest BCUT2D eigenvalue weighted by Crippen LogP contribution is -2.40. The van der Waals surface area contributed by atoms with Crippen LogP contribution in [0.15, 0.2) is 24.3 Å². The van der Waals surface area contributed by atoms with Crippen molar-refractivity contribution in [2.75, 3.05) is 32.8 Å². The minimum absolute atomic E-state index is 0.0792. The molecule has 0 saturated carbocycles. The molecule has 23 heavy (non-hydrogen) atoms. The van der Waals surface area contributed by atoms with Crippen molar-refractivity contribution < 1.29 is 9.53 Å². The molecule has 1 fully saturated rings. The number of hydrogen-bond donors (Lipinski definition) is 2. The second-order valence-electron chi connectivity index (χ2n) is 6.42. The number of ether oxygens (including phenoxy) is 1. The normalized spacial score (nSPS) is 21.0. The third kappa shape index (κ3) is 4.94. The monoisotopic (exact) mass is 317 g/mol. The van der Waals surface area contributed by atoms with Crippen LogP contribution in [0.3, 0.4) is 0 Å². The number of hydrogen-bond acceptors (Lipinski definition) is 3. The fourth-order valence-electron chi connectivity index (χ4n) is 3.32. The lowest BCUT2D eigenvalue weighted by molar-refractivity contribution is 0.111. The summed E-state index contributed by atoms with van der Waals surface area (Å²) in [6, 6.07) is 8.60. The first-order valence-electron chi connectivity index (χ1n) is 8.74. The quantitative estimate of drug-likeness (QED) is 0.788. The Morgan fingerprint density at radius 1 is 1.26 bits per heavy atom. The van der Waals surface area contributed by atoms with Gasteiger partial charge in [-0.25, -0.2) is 4.79 Å². The Hall–Kier alpha value is -1.59. The van der Waals surface area contributed by atoms with Crippen molar-refractivity contribution in [3.63, 3.8) is 0 Å². The van der Waals surface area contributed by atoms with Crippen LogP contribution < -0.4 is 10.6 Å². The van der Waals surface area contributed by atoms with E-state index in [1.165, 1.54) is 11.1 Å². The number of amides is 2. The first-order chi connectivity index (χ1) is 11.3. The van der Waals surface area contributed by atoms with E-state index >= 15 is 0 Å². The van der Waals surface area contributed by atoms with Gasteiger partial charge in [0.1, 0.15) is 0 Å². The van der Waals surface area contributed by atoms with E-state index in [-0.39, 0.29) is 12.1 Å². The van der Waals surface area contributed by atoms with Crippen LogP contribution in [-0.4, -0.2) is 49.8 Å². The van der Waals surface area contributed by atoms with Crippen molar-refractivity contribution in [2.45, 2.75) is 38.3 Å². The molecule has 5 heteroatoms. The van der Waals surface area contributed by atoms with Gasteiger partial charge in [-0.15, -0.1) is 0 Å². The van der Waals surface area contributed by atoms with Crippen molar-refractivity contribution in [1.29, 1.82) is 0 Å². The summed E-state index contributed by atoms with van der Waals surface area (Å²) in [5.41, 5.74) is 2.93. The van der Waals surface area contributed by atoms with Crippen molar-refractivity contribution in [3.05, 3.63) is 35.4 Å². The highest BCUT2D eigenvalue weighted by Crippen LogP contribution is 2.18. The molecular formula is C18H27N3O2. The van der Waals surface area contributed by atoms with E-state index in [1.54, 1.807) is 0 Å². The molecule has 0 spiro atoms. The lowest BCUT2D eigenvalue weighted by atomic mass is 10.00. The zero-order valence-electron chi connectivity index (χ0n) is 13.7. The van der Waals surface area contributed by atoms with Crippen LogP contribution in [0.2, 0.25) is 0 Å². The van der Waals surface area contributed by atoms with Crippen LogP contribution in [0, 0.1) is 0 Å². The van der Waals surface area contributed by atoms with Crippen molar-refractivity contribution in [2.24, 2.45) is 0 Å². The maximum Gasteiger partial charge on any atom is 0.314 e. The minimum Gasteiger partial charge on any atom is -0.376 e. The summed E-state index contributed by atoms with van der Waals surface area (Å²) in [4.78, 5) is 14.2. The van der Waals surface area contributed by atoms with Gasteiger partial charge < -0.3 is 15.4 Å². The highest BCUT2D eigenvalue weighted by atomic mass is 16.5. The Morgan fingerprint density at radius 3 is 2.96 bits per heavy atom. The topological polar surface area (TPSA) is 53.6 Å². The molecule has 1 unspecified atom stereocenters. The fourth-order valence-corrected chi connectivity index (χ4v) is 3.32. The number of carbonyl (C=O) groups is 1. The molecule has 1 aromatic carbocycles. The molecule has 0 aliphatic carbocycles. The molecule has 2 aliphatic heterocycles. The van der Waals surface area contributed by atoms with Crippen LogP contribution in [0.1, 0.15) is 30.4 Å². The van der Waals surface area contributed by atoms with Gasteiger partial charge in [0.05, 0.1) is 6.10 Å². The highest BCUT2D eigenvalue weighted by molar-refractivity contribution is 5.73. The predicted octanol–water partition coefficient (Wildman–Crippen LogP) is 1.91. The molecule has 2 heterocycles. The maximum atomic E-state index is 11.7. The van der Waals surface area contributed by atoms with E-state index in [9.17, 15) is 4.79 Å². The molecule has 0 aromatic heterocycles. The molecule has 1 saturated heterocycles. The Bertz CT molecular complexity index is 515. The summed E-state index contributed by atoms with van der Waals surface area (Å²) >= 11 is 0. The van der Waals surface area contributed by atoms with E-state index in [1.807, 2.05) is 0 Å². The average Bonchev–Trinajstić information content (AvgIpc) is 3.10. The third-order valence-corrected chi connectivity index (χ3v) is 4.66. The molecule has 1 aromatic rings. The Morgan fingerprint density at radius 2 is 2.13 bits per heavy atom. The second-order valence-corrected chi connectivity index (χ2v) is 6.42. The summed E-state index contributed by atoms with van der Waals surface area (Å²) in [7, 11) is 0. The largest absolute Gasteiger partial charge is 0.376 e. The zero-order chi connectivity index (χ0) is 15.9. The molecule has 1 atom stereocenters. The van der Waals surface area contributed by atoms with Crippen molar-refractivity contribution in [1.82, 2.24) is 15.5 Å². The first kappa shape index (κ1) is 16.3. The number of nitrogens with one attached hydrogen (secondary N) is 2. The van der Waals surface area contributed by atoms with Gasteiger partial charge in [0.2, 0.25) is 0 Å². The molecule has 126 valence electrons. The number of benzene rings is 1. The van der Waals surface area contributed by atoms with Crippen LogP contribution in [0.5, 0.6) is 0 Å². The van der Waals surface area contributed by atoms with Crippen LogP contribution >= 0.6 is 0 Å².